The average molecular weight is 583 g/mol. The zero-order valence-electron chi connectivity index (χ0n) is 22.2. The second-order valence-electron chi connectivity index (χ2n) is 9.91. The van der Waals surface area contributed by atoms with Crippen molar-refractivity contribution in [3.8, 4) is 0 Å². The lowest BCUT2D eigenvalue weighted by Gasteiger charge is -2.45. The van der Waals surface area contributed by atoms with Crippen LogP contribution in [0.15, 0.2) is 24.3 Å². The van der Waals surface area contributed by atoms with Crippen LogP contribution in [0.4, 0.5) is 5.69 Å². The summed E-state index contributed by atoms with van der Waals surface area (Å²) >= 11 is 0. The normalized spacial score (nSPS) is 17.8. The number of carboxylic acid groups (broad SMARTS) is 5. The highest BCUT2D eigenvalue weighted by Gasteiger charge is 2.38. The number of hydrogen-bond donors (Lipinski definition) is 5. The first kappa shape index (κ1) is 33.1. The second-order valence-corrected chi connectivity index (χ2v) is 9.91. The molecule has 0 heterocycles. The molecule has 1 aliphatic carbocycles. The average Bonchev–Trinajstić information content (AvgIpc) is 2.86. The van der Waals surface area contributed by atoms with Crippen molar-refractivity contribution in [1.29, 1.82) is 0 Å². The van der Waals surface area contributed by atoms with E-state index < -0.39 is 85.6 Å². The van der Waals surface area contributed by atoms with E-state index in [1.165, 1.54) is 34.1 Å². The molecule has 41 heavy (non-hydrogen) atoms. The van der Waals surface area contributed by atoms with Crippen LogP contribution in [0, 0.1) is 10.1 Å². The Morgan fingerprint density at radius 3 is 1.56 bits per heavy atom. The minimum Gasteiger partial charge on any atom is -0.480 e. The zero-order valence-corrected chi connectivity index (χ0v) is 22.2. The summed E-state index contributed by atoms with van der Waals surface area (Å²) in [7, 11) is 0. The molecule has 0 saturated heterocycles. The lowest BCUT2D eigenvalue weighted by Crippen LogP contribution is -2.59. The molecule has 226 valence electrons. The van der Waals surface area contributed by atoms with E-state index in [-0.39, 0.29) is 18.7 Å². The fourth-order valence-corrected chi connectivity index (χ4v) is 5.34. The molecule has 1 aromatic carbocycles. The van der Waals surface area contributed by atoms with Crippen LogP contribution < -0.4 is 0 Å². The SMILES string of the molecule is O=C(O)CN(CC(=O)O)C(Cc1ccc([N+](=O)[O-])cc1)CN(CC(=O)O)C1CCCCC1N(CC(=O)O)CC(=O)O. The van der Waals surface area contributed by atoms with E-state index in [9.17, 15) is 59.6 Å². The number of aliphatic carboxylic acids is 5. The number of hydrogen-bond acceptors (Lipinski definition) is 10. The van der Waals surface area contributed by atoms with Crippen LogP contribution >= 0.6 is 0 Å². The molecule has 16 nitrogen and oxygen atoms in total. The molecule has 0 amide bonds. The Bertz CT molecular complexity index is 1080. The van der Waals surface area contributed by atoms with Gasteiger partial charge in [0.2, 0.25) is 0 Å². The van der Waals surface area contributed by atoms with Gasteiger partial charge in [0.05, 0.1) is 37.6 Å². The molecule has 0 aromatic heterocycles. The van der Waals surface area contributed by atoms with Gasteiger partial charge in [-0.3, -0.25) is 48.8 Å². The van der Waals surface area contributed by atoms with E-state index in [1.54, 1.807) is 0 Å². The summed E-state index contributed by atoms with van der Waals surface area (Å²) in [6, 6.07) is 3.20. The molecule has 0 spiro atoms. The van der Waals surface area contributed by atoms with Crippen LogP contribution in [0.2, 0.25) is 0 Å². The van der Waals surface area contributed by atoms with Gasteiger partial charge in [0, 0.05) is 36.8 Å². The van der Waals surface area contributed by atoms with Crippen LogP contribution in [0.3, 0.4) is 0 Å². The van der Waals surface area contributed by atoms with Gasteiger partial charge >= 0.3 is 29.8 Å². The third kappa shape index (κ3) is 11.1. The molecule has 1 aromatic rings. The first-order valence-corrected chi connectivity index (χ1v) is 12.8. The maximum atomic E-state index is 11.9. The molecule has 2 rings (SSSR count). The molecule has 3 unspecified atom stereocenters. The monoisotopic (exact) mass is 582 g/mol. The van der Waals surface area contributed by atoms with Gasteiger partial charge in [0.15, 0.2) is 0 Å². The topological polar surface area (TPSA) is 239 Å². The second kappa shape index (κ2) is 15.6. The van der Waals surface area contributed by atoms with Crippen LogP contribution in [-0.2, 0) is 30.4 Å². The molecular weight excluding hydrogens is 548 g/mol. The summed E-state index contributed by atoms with van der Waals surface area (Å²) in [5.41, 5.74) is 0.322. The number of carbonyl (C=O) groups is 5. The van der Waals surface area contributed by atoms with Crippen molar-refractivity contribution in [2.45, 2.75) is 50.2 Å². The Morgan fingerprint density at radius 2 is 1.15 bits per heavy atom. The Kier molecular flexibility index (Phi) is 12.6. The number of nitrogens with zero attached hydrogens (tertiary/aromatic N) is 4. The van der Waals surface area contributed by atoms with Gasteiger partial charge in [0.1, 0.15) is 0 Å². The molecule has 3 atom stereocenters. The summed E-state index contributed by atoms with van der Waals surface area (Å²) < 4.78 is 0. The predicted molar refractivity (Wildman–Crippen MR) is 140 cm³/mol. The van der Waals surface area contributed by atoms with Crippen molar-refractivity contribution in [1.82, 2.24) is 14.7 Å². The number of carboxylic acids is 5. The lowest BCUT2D eigenvalue weighted by molar-refractivity contribution is -0.384. The standard InChI is InChI=1S/C25H34N4O12/c30-21(31)11-26(12-22(32)33)18(9-16-5-7-17(8-6-16)29(40)41)10-27(13-23(34)35)19-3-1-2-4-20(19)28(14-24(36)37)15-25(38)39/h5-8,18-20H,1-4,9-15H2,(H,30,31)(H,32,33)(H,34,35)(H,36,37)(H,38,39). The lowest BCUT2D eigenvalue weighted by atomic mass is 9.87. The maximum Gasteiger partial charge on any atom is 0.317 e. The summed E-state index contributed by atoms with van der Waals surface area (Å²) in [5, 5.41) is 58.6. The van der Waals surface area contributed by atoms with Gasteiger partial charge in [-0.1, -0.05) is 25.0 Å². The van der Waals surface area contributed by atoms with Crippen molar-refractivity contribution >= 4 is 35.5 Å². The molecule has 0 radical (unpaired) electrons. The number of benzene rings is 1. The third-order valence-corrected chi connectivity index (χ3v) is 6.90. The Morgan fingerprint density at radius 1 is 0.732 bits per heavy atom. The van der Waals surface area contributed by atoms with E-state index in [1.807, 2.05) is 0 Å². The van der Waals surface area contributed by atoms with Crippen LogP contribution in [0.1, 0.15) is 31.2 Å². The fourth-order valence-electron chi connectivity index (χ4n) is 5.34. The first-order chi connectivity index (χ1) is 19.3. The van der Waals surface area contributed by atoms with Crippen LogP contribution in [0.5, 0.6) is 0 Å². The van der Waals surface area contributed by atoms with E-state index in [4.69, 9.17) is 0 Å². The maximum absolute atomic E-state index is 11.9. The summed E-state index contributed by atoms with van der Waals surface area (Å²) in [5.74, 6) is -6.41. The molecular formula is C25H34N4O12. The minimum atomic E-state index is -1.32. The molecule has 1 saturated carbocycles. The molecule has 1 aliphatic rings. The largest absolute Gasteiger partial charge is 0.480 e. The smallest absolute Gasteiger partial charge is 0.317 e. The van der Waals surface area contributed by atoms with Crippen molar-refractivity contribution in [2.75, 3.05) is 39.3 Å². The molecule has 1 fully saturated rings. The highest BCUT2D eigenvalue weighted by molar-refractivity contribution is 5.73. The summed E-state index contributed by atoms with van der Waals surface area (Å²) in [6.07, 6.45) is 2.10. The van der Waals surface area contributed by atoms with E-state index >= 15 is 0 Å². The van der Waals surface area contributed by atoms with Gasteiger partial charge < -0.3 is 25.5 Å². The van der Waals surface area contributed by atoms with Gasteiger partial charge in [-0.15, -0.1) is 0 Å². The van der Waals surface area contributed by atoms with Gasteiger partial charge in [0.25, 0.3) is 5.69 Å². The predicted octanol–water partition coefficient (Wildman–Crippen LogP) is 0.146. The molecule has 5 N–H and O–H groups in total. The Balaban J connectivity index is 2.51. The highest BCUT2D eigenvalue weighted by Crippen LogP contribution is 2.28. The van der Waals surface area contributed by atoms with Gasteiger partial charge in [-0.2, -0.15) is 0 Å². The number of non-ortho nitro benzene ring substituents is 1. The number of nitro groups is 1. The molecule has 0 bridgehead atoms. The van der Waals surface area contributed by atoms with Crippen molar-refractivity contribution in [3.63, 3.8) is 0 Å². The highest BCUT2D eigenvalue weighted by atomic mass is 16.6. The number of nitro benzene ring substituents is 1. The summed E-state index contributed by atoms with van der Waals surface area (Å²) in [6.45, 7) is -3.28. The van der Waals surface area contributed by atoms with Gasteiger partial charge in [-0.05, 0) is 24.8 Å². The van der Waals surface area contributed by atoms with Crippen molar-refractivity contribution < 1.29 is 54.4 Å². The fraction of sp³-hybridized carbons (Fsp3) is 0.560. The summed E-state index contributed by atoms with van der Waals surface area (Å²) in [4.78, 5) is 72.7. The van der Waals surface area contributed by atoms with Crippen molar-refractivity contribution in [2.24, 2.45) is 0 Å². The number of rotatable bonds is 18. The van der Waals surface area contributed by atoms with Crippen LogP contribution in [0.25, 0.3) is 0 Å². The zero-order chi connectivity index (χ0) is 30.7. The quantitative estimate of drug-likeness (QED) is 0.114. The van der Waals surface area contributed by atoms with Crippen LogP contribution in [-0.4, -0.2) is 132 Å². The van der Waals surface area contributed by atoms with Crippen molar-refractivity contribution in [3.05, 3.63) is 39.9 Å². The molecule has 16 heteroatoms. The Labute approximate surface area is 234 Å². The van der Waals surface area contributed by atoms with E-state index in [0.717, 1.165) is 4.90 Å². The Hall–Kier alpha value is -4.15. The first-order valence-electron chi connectivity index (χ1n) is 12.8. The van der Waals surface area contributed by atoms with E-state index in [0.29, 0.717) is 31.2 Å². The minimum absolute atomic E-state index is 0.0139. The third-order valence-electron chi connectivity index (χ3n) is 6.90. The van der Waals surface area contributed by atoms with Gasteiger partial charge in [-0.25, -0.2) is 0 Å². The molecule has 0 aliphatic heterocycles. The van der Waals surface area contributed by atoms with E-state index in [2.05, 4.69) is 0 Å².